The second-order valence-electron chi connectivity index (χ2n) is 7.68. The number of imidazole rings is 1. The van der Waals surface area contributed by atoms with Gasteiger partial charge in [0.2, 0.25) is 5.91 Å². The summed E-state index contributed by atoms with van der Waals surface area (Å²) >= 11 is 0. The number of aromatic amines is 1. The molecule has 0 aliphatic carbocycles. The molecule has 1 atom stereocenters. The minimum atomic E-state index is 0.183. The number of hydrogen-bond donors (Lipinski definition) is 1. The molecule has 1 N–H and O–H groups in total. The van der Waals surface area contributed by atoms with Crippen LogP contribution in [-0.4, -0.2) is 42.1 Å². The number of aryl methyl sites for hydroxylation is 2. The van der Waals surface area contributed by atoms with Crippen molar-refractivity contribution in [1.82, 2.24) is 29.6 Å². The van der Waals surface area contributed by atoms with E-state index < -0.39 is 0 Å². The first-order valence-electron chi connectivity index (χ1n) is 9.83. The monoisotopic (exact) mass is 378 g/mol. The molecular formula is C21H26N6O. The van der Waals surface area contributed by atoms with Gasteiger partial charge in [0.05, 0.1) is 12.9 Å². The van der Waals surface area contributed by atoms with E-state index in [9.17, 15) is 4.79 Å². The van der Waals surface area contributed by atoms with Gasteiger partial charge in [0.25, 0.3) is 0 Å². The van der Waals surface area contributed by atoms with E-state index in [1.54, 1.807) is 6.33 Å². The maximum Gasteiger partial charge on any atom is 0.223 e. The zero-order valence-electron chi connectivity index (χ0n) is 16.4. The van der Waals surface area contributed by atoms with Crippen LogP contribution >= 0.6 is 0 Å². The van der Waals surface area contributed by atoms with Crippen molar-refractivity contribution < 1.29 is 4.79 Å². The van der Waals surface area contributed by atoms with Crippen LogP contribution in [0, 0.1) is 0 Å². The number of benzene rings is 1. The molecule has 28 heavy (non-hydrogen) atoms. The molecule has 1 amide bonds. The maximum atomic E-state index is 12.6. The van der Waals surface area contributed by atoms with Crippen molar-refractivity contribution in [3.8, 4) is 0 Å². The molecule has 1 aliphatic rings. The third kappa shape index (κ3) is 3.98. The quantitative estimate of drug-likeness (QED) is 0.686. The van der Waals surface area contributed by atoms with Gasteiger partial charge in [-0.05, 0) is 5.56 Å². The Morgan fingerprint density at radius 2 is 2.07 bits per heavy atom. The summed E-state index contributed by atoms with van der Waals surface area (Å²) in [6.07, 6.45) is 4.87. The fourth-order valence-corrected chi connectivity index (χ4v) is 3.63. The van der Waals surface area contributed by atoms with Gasteiger partial charge in [-0.1, -0.05) is 44.2 Å². The number of carbonyl (C=O) groups is 1. The van der Waals surface area contributed by atoms with Gasteiger partial charge < -0.3 is 9.88 Å². The number of amides is 1. The standard InChI is InChI=1S/C21H26N6O/c1-15(2)21-24-19(27(25-21)9-8-18-11-22-14-23-18)13-26-12-17(10-20(26)28)16-6-4-3-5-7-16/h3-7,11,14-15,17H,8-10,12-13H2,1-2H3,(H,22,23)/t17-/m0/s1. The predicted octanol–water partition coefficient (Wildman–Crippen LogP) is 2.88. The van der Waals surface area contributed by atoms with Crippen LogP contribution in [0.15, 0.2) is 42.9 Å². The van der Waals surface area contributed by atoms with Crippen LogP contribution in [0.1, 0.15) is 55.0 Å². The molecule has 3 aromatic rings. The maximum absolute atomic E-state index is 12.6. The first kappa shape index (κ1) is 18.4. The second-order valence-corrected chi connectivity index (χ2v) is 7.68. The van der Waals surface area contributed by atoms with Crippen molar-refractivity contribution in [2.24, 2.45) is 0 Å². The number of likely N-dealkylation sites (tertiary alicyclic amines) is 1. The SMILES string of the molecule is CC(C)c1nc(CN2C[C@@H](c3ccccc3)CC2=O)n(CCc2cnc[nH]2)n1. The topological polar surface area (TPSA) is 79.7 Å². The molecule has 0 bridgehead atoms. The normalized spacial score (nSPS) is 17.0. The predicted molar refractivity (Wildman–Crippen MR) is 106 cm³/mol. The number of nitrogens with one attached hydrogen (secondary N) is 1. The summed E-state index contributed by atoms with van der Waals surface area (Å²) in [6, 6.07) is 10.3. The second kappa shape index (κ2) is 7.96. The van der Waals surface area contributed by atoms with Crippen molar-refractivity contribution in [2.75, 3.05) is 6.54 Å². The lowest BCUT2D eigenvalue weighted by Gasteiger charge is -2.16. The van der Waals surface area contributed by atoms with Crippen molar-refractivity contribution in [1.29, 1.82) is 0 Å². The molecule has 2 aromatic heterocycles. The van der Waals surface area contributed by atoms with E-state index in [4.69, 9.17) is 4.98 Å². The molecule has 146 valence electrons. The van der Waals surface area contributed by atoms with Crippen LogP contribution in [0.3, 0.4) is 0 Å². The number of carbonyl (C=O) groups excluding carboxylic acids is 1. The van der Waals surface area contributed by atoms with E-state index in [0.29, 0.717) is 19.5 Å². The Bertz CT molecular complexity index is 916. The van der Waals surface area contributed by atoms with Gasteiger partial charge in [-0.3, -0.25) is 4.79 Å². The first-order valence-corrected chi connectivity index (χ1v) is 9.83. The molecule has 1 fully saturated rings. The van der Waals surface area contributed by atoms with Gasteiger partial charge in [0.15, 0.2) is 5.82 Å². The Hall–Kier alpha value is -2.96. The average Bonchev–Trinajstić information content (AvgIpc) is 3.42. The third-order valence-electron chi connectivity index (χ3n) is 5.25. The van der Waals surface area contributed by atoms with Gasteiger partial charge in [-0.25, -0.2) is 14.6 Å². The van der Waals surface area contributed by atoms with Gasteiger partial charge >= 0.3 is 0 Å². The fraction of sp³-hybridized carbons (Fsp3) is 0.429. The molecule has 0 spiro atoms. The van der Waals surface area contributed by atoms with Crippen LogP contribution in [0.25, 0.3) is 0 Å². The van der Waals surface area contributed by atoms with Crippen molar-refractivity contribution in [2.45, 2.75) is 51.6 Å². The summed E-state index contributed by atoms with van der Waals surface area (Å²) < 4.78 is 1.94. The molecule has 7 nitrogen and oxygen atoms in total. The minimum Gasteiger partial charge on any atom is -0.348 e. The van der Waals surface area contributed by atoms with Crippen molar-refractivity contribution >= 4 is 5.91 Å². The highest BCUT2D eigenvalue weighted by Crippen LogP contribution is 2.29. The Balaban J connectivity index is 1.49. The van der Waals surface area contributed by atoms with E-state index in [0.717, 1.165) is 30.3 Å². The number of rotatable bonds is 7. The van der Waals surface area contributed by atoms with E-state index in [-0.39, 0.29) is 17.7 Å². The molecule has 7 heteroatoms. The summed E-state index contributed by atoms with van der Waals surface area (Å²) in [5.41, 5.74) is 2.29. The number of hydrogen-bond acceptors (Lipinski definition) is 4. The summed E-state index contributed by atoms with van der Waals surface area (Å²) in [4.78, 5) is 26.5. The Labute approximate surface area is 164 Å². The van der Waals surface area contributed by atoms with E-state index in [1.807, 2.05) is 34.0 Å². The smallest absolute Gasteiger partial charge is 0.223 e. The number of aromatic nitrogens is 5. The summed E-state index contributed by atoms with van der Waals surface area (Å²) in [6.45, 7) is 6.12. The van der Waals surface area contributed by atoms with Gasteiger partial charge in [-0.2, -0.15) is 5.10 Å². The lowest BCUT2D eigenvalue weighted by atomic mass is 9.99. The molecule has 0 saturated carbocycles. The average molecular weight is 378 g/mol. The number of nitrogens with zero attached hydrogens (tertiary/aromatic N) is 5. The fourth-order valence-electron chi connectivity index (χ4n) is 3.63. The molecule has 4 rings (SSSR count). The molecule has 1 aromatic carbocycles. The number of H-pyrrole nitrogens is 1. The minimum absolute atomic E-state index is 0.183. The lowest BCUT2D eigenvalue weighted by molar-refractivity contribution is -0.128. The van der Waals surface area contributed by atoms with Crippen molar-refractivity contribution in [3.63, 3.8) is 0 Å². The molecule has 0 unspecified atom stereocenters. The Morgan fingerprint density at radius 1 is 1.25 bits per heavy atom. The molecule has 1 aliphatic heterocycles. The van der Waals surface area contributed by atoms with E-state index in [2.05, 4.69) is 41.0 Å². The molecular weight excluding hydrogens is 352 g/mol. The first-order chi connectivity index (χ1) is 13.6. The Morgan fingerprint density at radius 3 is 2.79 bits per heavy atom. The lowest BCUT2D eigenvalue weighted by Crippen LogP contribution is -2.26. The van der Waals surface area contributed by atoms with Gasteiger partial charge in [0.1, 0.15) is 5.82 Å². The highest BCUT2D eigenvalue weighted by molar-refractivity contribution is 5.79. The largest absolute Gasteiger partial charge is 0.348 e. The van der Waals surface area contributed by atoms with Crippen LogP contribution in [0.2, 0.25) is 0 Å². The highest BCUT2D eigenvalue weighted by Gasteiger charge is 2.31. The van der Waals surface area contributed by atoms with Crippen LogP contribution in [-0.2, 0) is 24.3 Å². The van der Waals surface area contributed by atoms with Crippen molar-refractivity contribution in [3.05, 3.63) is 65.8 Å². The zero-order chi connectivity index (χ0) is 19.5. The Kier molecular flexibility index (Phi) is 5.23. The molecule has 1 saturated heterocycles. The zero-order valence-corrected chi connectivity index (χ0v) is 16.4. The van der Waals surface area contributed by atoms with Crippen LogP contribution in [0.4, 0.5) is 0 Å². The third-order valence-corrected chi connectivity index (χ3v) is 5.25. The highest BCUT2D eigenvalue weighted by atomic mass is 16.2. The van der Waals surface area contributed by atoms with Gasteiger partial charge in [-0.15, -0.1) is 0 Å². The summed E-state index contributed by atoms with van der Waals surface area (Å²) in [7, 11) is 0. The summed E-state index contributed by atoms with van der Waals surface area (Å²) in [5, 5.41) is 4.69. The molecule has 0 radical (unpaired) electrons. The summed E-state index contributed by atoms with van der Waals surface area (Å²) in [5.74, 6) is 2.36. The van der Waals surface area contributed by atoms with E-state index in [1.165, 1.54) is 5.56 Å². The molecule has 3 heterocycles. The van der Waals surface area contributed by atoms with Crippen LogP contribution < -0.4 is 0 Å². The van der Waals surface area contributed by atoms with E-state index >= 15 is 0 Å². The van der Waals surface area contributed by atoms with Gasteiger partial charge in [0, 0.05) is 49.7 Å². The van der Waals surface area contributed by atoms with Crippen LogP contribution in [0.5, 0.6) is 0 Å².